The summed E-state index contributed by atoms with van der Waals surface area (Å²) in [6, 6.07) is 0. The third-order valence-corrected chi connectivity index (χ3v) is 0.945. The summed E-state index contributed by atoms with van der Waals surface area (Å²) in [5.41, 5.74) is 0. The van der Waals surface area contributed by atoms with E-state index >= 15 is 0 Å². The molecule has 0 fully saturated rings. The Balaban J connectivity index is 3.41. The van der Waals surface area contributed by atoms with E-state index in [2.05, 4.69) is 9.47 Å². The van der Waals surface area contributed by atoms with E-state index in [9.17, 15) is 4.79 Å². The minimum Gasteiger partial charge on any atom is -0.452 e. The molecular weight excluding hydrogens is 136 g/mol. The molecule has 0 aromatic rings. The summed E-state index contributed by atoms with van der Waals surface area (Å²) in [5.74, 6) is 5.19. The molecule has 0 saturated heterocycles. The molecule has 10 heavy (non-hydrogen) atoms. The quantitative estimate of drug-likeness (QED) is 0.335. The van der Waals surface area contributed by atoms with E-state index in [-0.39, 0.29) is 0 Å². The van der Waals surface area contributed by atoms with Crippen LogP contribution in [-0.2, 0) is 9.47 Å². The number of carbonyl (C=O) groups is 1. The first-order valence-corrected chi connectivity index (χ1v) is 2.81. The first kappa shape index (κ1) is 9.19. The Morgan fingerprint density at radius 2 is 2.20 bits per heavy atom. The van der Waals surface area contributed by atoms with Crippen LogP contribution in [-0.4, -0.2) is 38.5 Å². The van der Waals surface area contributed by atoms with Gasteiger partial charge in [0.25, 0.3) is 0 Å². The number of methoxy groups -OCH3 is 2. The number of hydrogen-bond donors (Lipinski definition) is 1. The maximum absolute atomic E-state index is 10.5. The van der Waals surface area contributed by atoms with Gasteiger partial charge in [0, 0.05) is 7.11 Å². The van der Waals surface area contributed by atoms with E-state index < -0.39 is 6.09 Å². The summed E-state index contributed by atoms with van der Waals surface area (Å²) >= 11 is 0. The number of hydrazine groups is 1. The van der Waals surface area contributed by atoms with Crippen LogP contribution in [0.2, 0.25) is 0 Å². The van der Waals surface area contributed by atoms with Crippen LogP contribution in [0.3, 0.4) is 0 Å². The van der Waals surface area contributed by atoms with Crippen molar-refractivity contribution in [2.45, 2.75) is 0 Å². The second-order valence-electron chi connectivity index (χ2n) is 1.66. The zero-order chi connectivity index (χ0) is 7.98. The van der Waals surface area contributed by atoms with Gasteiger partial charge in [0.2, 0.25) is 0 Å². The van der Waals surface area contributed by atoms with Gasteiger partial charge in [0.15, 0.2) is 0 Å². The van der Waals surface area contributed by atoms with Crippen molar-refractivity contribution in [3.8, 4) is 0 Å². The molecule has 0 unspecified atom stereocenters. The normalized spacial score (nSPS) is 9.10. The third kappa shape index (κ3) is 3.26. The Labute approximate surface area is 59.7 Å². The van der Waals surface area contributed by atoms with E-state index in [1.165, 1.54) is 14.2 Å². The van der Waals surface area contributed by atoms with Crippen LogP contribution in [0.4, 0.5) is 4.79 Å². The van der Waals surface area contributed by atoms with Crippen molar-refractivity contribution in [1.82, 2.24) is 5.01 Å². The van der Waals surface area contributed by atoms with Crippen LogP contribution in [0.5, 0.6) is 0 Å². The molecule has 60 valence electrons. The fourth-order valence-corrected chi connectivity index (χ4v) is 0.398. The number of carbonyl (C=O) groups excluding carboxylic acids is 1. The zero-order valence-electron chi connectivity index (χ0n) is 6.16. The van der Waals surface area contributed by atoms with Crippen LogP contribution in [0.25, 0.3) is 0 Å². The van der Waals surface area contributed by atoms with Crippen LogP contribution in [0.15, 0.2) is 0 Å². The first-order valence-electron chi connectivity index (χ1n) is 2.81. The Hall–Kier alpha value is -0.810. The monoisotopic (exact) mass is 148 g/mol. The third-order valence-electron chi connectivity index (χ3n) is 0.945. The zero-order valence-corrected chi connectivity index (χ0v) is 6.16. The summed E-state index contributed by atoms with van der Waals surface area (Å²) < 4.78 is 8.99. The fraction of sp³-hybridized carbons (Fsp3) is 0.800. The lowest BCUT2D eigenvalue weighted by Gasteiger charge is -2.13. The lowest BCUT2D eigenvalue weighted by atomic mass is 10.7. The smallest absolute Gasteiger partial charge is 0.423 e. The molecule has 0 spiro atoms. The largest absolute Gasteiger partial charge is 0.452 e. The number of amides is 1. The number of nitrogens with zero attached hydrogens (tertiary/aromatic N) is 1. The van der Waals surface area contributed by atoms with Crippen molar-refractivity contribution in [1.29, 1.82) is 0 Å². The molecule has 5 nitrogen and oxygen atoms in total. The van der Waals surface area contributed by atoms with Gasteiger partial charge in [0.1, 0.15) is 0 Å². The summed E-state index contributed by atoms with van der Waals surface area (Å²) in [6.07, 6.45) is -0.558. The van der Waals surface area contributed by atoms with E-state index in [1.54, 1.807) is 0 Å². The number of rotatable bonds is 3. The Kier molecular flexibility index (Phi) is 4.61. The Morgan fingerprint density at radius 3 is 2.60 bits per heavy atom. The molecule has 0 aliphatic heterocycles. The van der Waals surface area contributed by atoms with Gasteiger partial charge in [-0.3, -0.25) is 0 Å². The van der Waals surface area contributed by atoms with Crippen molar-refractivity contribution in [3.63, 3.8) is 0 Å². The first-order chi connectivity index (χ1) is 4.72. The predicted molar refractivity (Wildman–Crippen MR) is 35.2 cm³/mol. The second kappa shape index (κ2) is 5.01. The molecule has 0 saturated carbocycles. The standard InChI is InChI=1S/C5H12N2O3/c1-9-4-3-7(6)5(8)10-2/h3-4,6H2,1-2H3. The number of nitrogens with two attached hydrogens (primary N) is 1. The minimum absolute atomic E-state index is 0.336. The highest BCUT2D eigenvalue weighted by molar-refractivity contribution is 5.66. The van der Waals surface area contributed by atoms with Crippen molar-refractivity contribution in [3.05, 3.63) is 0 Å². The summed E-state index contributed by atoms with van der Waals surface area (Å²) in [6.45, 7) is 0.745. The van der Waals surface area contributed by atoms with Gasteiger partial charge in [-0.05, 0) is 0 Å². The lowest BCUT2D eigenvalue weighted by molar-refractivity contribution is 0.104. The van der Waals surface area contributed by atoms with Crippen molar-refractivity contribution < 1.29 is 14.3 Å². The van der Waals surface area contributed by atoms with Gasteiger partial charge < -0.3 is 9.47 Å². The SMILES string of the molecule is COCCN(N)C(=O)OC. The van der Waals surface area contributed by atoms with Gasteiger partial charge in [-0.1, -0.05) is 0 Å². The summed E-state index contributed by atoms with van der Waals surface area (Å²) in [5, 5.41) is 0.948. The molecule has 0 aromatic carbocycles. The van der Waals surface area contributed by atoms with Gasteiger partial charge in [-0.25, -0.2) is 15.6 Å². The van der Waals surface area contributed by atoms with Crippen LogP contribution < -0.4 is 5.84 Å². The highest BCUT2D eigenvalue weighted by Crippen LogP contribution is 1.83. The molecule has 0 radical (unpaired) electrons. The molecule has 0 heterocycles. The molecule has 0 atom stereocenters. The minimum atomic E-state index is -0.558. The maximum Gasteiger partial charge on any atom is 0.423 e. The number of hydrogen-bond acceptors (Lipinski definition) is 4. The van der Waals surface area contributed by atoms with E-state index in [0.29, 0.717) is 13.2 Å². The fourth-order valence-electron chi connectivity index (χ4n) is 0.398. The Bertz CT molecular complexity index is 107. The highest BCUT2D eigenvalue weighted by atomic mass is 16.5. The van der Waals surface area contributed by atoms with Gasteiger partial charge in [-0.2, -0.15) is 0 Å². The van der Waals surface area contributed by atoms with Crippen molar-refractivity contribution >= 4 is 6.09 Å². The molecule has 5 heteroatoms. The van der Waals surface area contributed by atoms with Gasteiger partial charge in [-0.15, -0.1) is 0 Å². The number of ether oxygens (including phenoxy) is 2. The van der Waals surface area contributed by atoms with Crippen LogP contribution in [0.1, 0.15) is 0 Å². The van der Waals surface area contributed by atoms with Crippen LogP contribution in [0, 0.1) is 0 Å². The van der Waals surface area contributed by atoms with E-state index in [1.807, 2.05) is 0 Å². The van der Waals surface area contributed by atoms with Gasteiger partial charge in [0.05, 0.1) is 20.3 Å². The summed E-state index contributed by atoms with van der Waals surface area (Å²) in [4.78, 5) is 10.5. The molecule has 0 aliphatic rings. The highest BCUT2D eigenvalue weighted by Gasteiger charge is 2.06. The molecule has 0 aromatic heterocycles. The molecule has 0 rings (SSSR count). The topological polar surface area (TPSA) is 64.8 Å². The van der Waals surface area contributed by atoms with Crippen molar-refractivity contribution in [2.24, 2.45) is 5.84 Å². The van der Waals surface area contributed by atoms with Crippen LogP contribution >= 0.6 is 0 Å². The average molecular weight is 148 g/mol. The van der Waals surface area contributed by atoms with E-state index in [0.717, 1.165) is 5.01 Å². The molecule has 0 bridgehead atoms. The second-order valence-corrected chi connectivity index (χ2v) is 1.66. The molecular formula is C5H12N2O3. The molecule has 2 N–H and O–H groups in total. The average Bonchev–Trinajstić information content (AvgIpc) is 1.98. The maximum atomic E-state index is 10.5. The van der Waals surface area contributed by atoms with E-state index in [4.69, 9.17) is 5.84 Å². The molecule has 1 amide bonds. The Morgan fingerprint density at radius 1 is 1.60 bits per heavy atom. The lowest BCUT2D eigenvalue weighted by Crippen LogP contribution is -2.39. The van der Waals surface area contributed by atoms with Gasteiger partial charge >= 0.3 is 6.09 Å². The summed E-state index contributed by atoms with van der Waals surface area (Å²) in [7, 11) is 2.81. The van der Waals surface area contributed by atoms with Crippen molar-refractivity contribution in [2.75, 3.05) is 27.4 Å². The molecule has 0 aliphatic carbocycles. The predicted octanol–water partition coefficient (Wildman–Crippen LogP) is -0.425.